The lowest BCUT2D eigenvalue weighted by Gasteiger charge is -2.25. The number of carbonyl (C=O) groups is 3. The second-order valence-corrected chi connectivity index (χ2v) is 23.0. The smallest absolute Gasteiger partial charge is 0.307 e. The van der Waals surface area contributed by atoms with Crippen molar-refractivity contribution in [1.82, 2.24) is 9.80 Å². The first-order valence-corrected chi connectivity index (χ1v) is 30.7. The summed E-state index contributed by atoms with van der Waals surface area (Å²) in [7, 11) is 10.9. The Morgan fingerprint density at radius 3 is 0.983 bits per heavy atom. The van der Waals surface area contributed by atoms with Crippen LogP contribution >= 0.6 is 64.8 Å². The van der Waals surface area contributed by atoms with Crippen molar-refractivity contribution in [3.05, 3.63) is 0 Å². The van der Waals surface area contributed by atoms with E-state index in [-0.39, 0.29) is 43.8 Å². The fourth-order valence-electron chi connectivity index (χ4n) is 6.04. The molecule has 0 radical (unpaired) electrons. The van der Waals surface area contributed by atoms with Crippen molar-refractivity contribution in [2.75, 3.05) is 100 Å². The maximum absolute atomic E-state index is 12.6. The minimum Gasteiger partial charge on any atom is -0.465 e. The lowest BCUT2D eigenvalue weighted by atomic mass is 10.1. The molecule has 0 rings (SSSR count). The number of aliphatic hydroxyl groups excluding tert-OH is 1. The largest absolute Gasteiger partial charge is 0.465 e. The summed E-state index contributed by atoms with van der Waals surface area (Å²) in [5.74, 6) is 5.12. The quantitative estimate of drug-likeness (QED) is 0.0271. The maximum Gasteiger partial charge on any atom is 0.307 e. The Balaban J connectivity index is 4.57. The summed E-state index contributed by atoms with van der Waals surface area (Å²) in [5, 5.41) is 9.69. The third kappa shape index (κ3) is 46.2. The van der Waals surface area contributed by atoms with Gasteiger partial charge in [0.2, 0.25) is 0 Å². The lowest BCUT2D eigenvalue weighted by molar-refractivity contribution is -0.144. The molecule has 0 amide bonds. The summed E-state index contributed by atoms with van der Waals surface area (Å²) in [5.41, 5.74) is 0. The number of carbonyl (C=O) groups excluding carboxylic acids is 3. The molecule has 0 atom stereocenters. The SMILES string of the molecule is CCCCCCCCSSCCOC(=O)CCN(CCO)CCCN(CCC(=O)OCCSSCCCCCCCC)CCC(=O)OCCSSCCCCCCCC. The van der Waals surface area contributed by atoms with Crippen molar-refractivity contribution >= 4 is 82.7 Å². The van der Waals surface area contributed by atoms with Crippen LogP contribution in [0, 0.1) is 0 Å². The van der Waals surface area contributed by atoms with Crippen LogP contribution in [0.3, 0.4) is 0 Å². The molecular formula is C44H86N2O7S6. The maximum atomic E-state index is 12.6. The molecule has 0 aromatic carbocycles. The highest BCUT2D eigenvalue weighted by molar-refractivity contribution is 8.77. The van der Waals surface area contributed by atoms with Crippen LogP contribution in [0.15, 0.2) is 0 Å². The van der Waals surface area contributed by atoms with Crippen molar-refractivity contribution in [2.45, 2.75) is 162 Å². The molecule has 0 fully saturated rings. The Labute approximate surface area is 386 Å². The van der Waals surface area contributed by atoms with Crippen LogP contribution in [0.2, 0.25) is 0 Å². The minimum atomic E-state index is -0.218. The number of aliphatic hydroxyl groups is 1. The molecule has 0 aromatic rings. The van der Waals surface area contributed by atoms with Crippen molar-refractivity contribution in [3.63, 3.8) is 0 Å². The number of hydrogen-bond donors (Lipinski definition) is 1. The molecule has 1 N–H and O–H groups in total. The van der Waals surface area contributed by atoms with Crippen LogP contribution in [-0.4, -0.2) is 133 Å². The van der Waals surface area contributed by atoms with Gasteiger partial charge in [0.05, 0.1) is 25.9 Å². The monoisotopic (exact) mass is 946 g/mol. The highest BCUT2D eigenvalue weighted by atomic mass is 33.1. The second kappa shape index (κ2) is 49.4. The normalized spacial score (nSPS) is 11.5. The van der Waals surface area contributed by atoms with Crippen molar-refractivity contribution < 1.29 is 33.7 Å². The first-order valence-electron chi connectivity index (χ1n) is 23.2. The van der Waals surface area contributed by atoms with Gasteiger partial charge in [0, 0.05) is 60.7 Å². The number of ether oxygens (including phenoxy) is 3. The fraction of sp³-hybridized carbons (Fsp3) is 0.932. The zero-order chi connectivity index (χ0) is 43.1. The highest BCUT2D eigenvalue weighted by Gasteiger charge is 2.15. The topological polar surface area (TPSA) is 106 Å². The zero-order valence-electron chi connectivity index (χ0n) is 37.6. The molecule has 0 spiro atoms. The van der Waals surface area contributed by atoms with E-state index in [2.05, 4.69) is 30.6 Å². The lowest BCUT2D eigenvalue weighted by Crippen LogP contribution is -2.35. The first-order chi connectivity index (χ1) is 29.0. The van der Waals surface area contributed by atoms with E-state index in [4.69, 9.17) is 14.2 Å². The third-order valence-corrected chi connectivity index (χ3v) is 16.9. The van der Waals surface area contributed by atoms with E-state index in [1.54, 1.807) is 32.4 Å². The summed E-state index contributed by atoms with van der Waals surface area (Å²) in [6, 6.07) is 0. The van der Waals surface area contributed by atoms with Crippen molar-refractivity contribution in [1.29, 1.82) is 0 Å². The molecule has 0 saturated carbocycles. The van der Waals surface area contributed by atoms with Gasteiger partial charge in [-0.2, -0.15) is 0 Å². The van der Waals surface area contributed by atoms with Crippen LogP contribution in [0.25, 0.3) is 0 Å². The third-order valence-electron chi connectivity index (χ3n) is 9.54. The van der Waals surface area contributed by atoms with E-state index in [0.29, 0.717) is 59.1 Å². The van der Waals surface area contributed by atoms with Gasteiger partial charge in [-0.15, -0.1) is 0 Å². The van der Waals surface area contributed by atoms with E-state index in [0.717, 1.165) is 40.9 Å². The van der Waals surface area contributed by atoms with Gasteiger partial charge in [-0.25, -0.2) is 0 Å². The molecule has 0 aliphatic carbocycles. The Morgan fingerprint density at radius 1 is 0.373 bits per heavy atom. The van der Waals surface area contributed by atoms with Crippen LogP contribution in [0.5, 0.6) is 0 Å². The predicted molar refractivity (Wildman–Crippen MR) is 266 cm³/mol. The zero-order valence-corrected chi connectivity index (χ0v) is 42.5. The number of hydrogen-bond acceptors (Lipinski definition) is 15. The number of esters is 3. The molecule has 0 heterocycles. The van der Waals surface area contributed by atoms with Gasteiger partial charge in [-0.05, 0) is 38.8 Å². The summed E-state index contributed by atoms with van der Waals surface area (Å²) >= 11 is 0. The molecule has 350 valence electrons. The van der Waals surface area contributed by atoms with E-state index >= 15 is 0 Å². The summed E-state index contributed by atoms with van der Waals surface area (Å²) in [6.45, 7) is 11.3. The molecular weight excluding hydrogens is 861 g/mol. The average molecular weight is 948 g/mol. The van der Waals surface area contributed by atoms with Crippen LogP contribution in [0.4, 0.5) is 0 Å². The Bertz CT molecular complexity index is 889. The molecule has 0 aliphatic rings. The van der Waals surface area contributed by atoms with E-state index in [9.17, 15) is 19.5 Å². The highest BCUT2D eigenvalue weighted by Crippen LogP contribution is 2.24. The van der Waals surface area contributed by atoms with Gasteiger partial charge < -0.3 is 29.1 Å². The molecule has 0 bridgehead atoms. The molecule has 0 saturated heterocycles. The standard InChI is InChI=1S/C44H86N2O7S6/c1-4-7-10-13-16-19-36-54-57-39-33-51-42(48)23-28-45(29-24-43(49)52-34-40-58-55-37-20-17-14-11-8-5-2)26-22-27-46(31-32-47)30-25-44(50)53-35-41-59-56-38-21-18-15-12-9-6-3/h47H,4-41H2,1-3H3. The average Bonchev–Trinajstić information content (AvgIpc) is 3.23. The molecule has 59 heavy (non-hydrogen) atoms. The Morgan fingerprint density at radius 2 is 0.661 bits per heavy atom. The molecule has 0 aromatic heterocycles. The molecule has 15 heteroatoms. The fourth-order valence-corrected chi connectivity index (χ4v) is 12.0. The summed E-state index contributed by atoms with van der Waals surface area (Å²) in [4.78, 5) is 41.9. The summed E-state index contributed by atoms with van der Waals surface area (Å²) in [6.07, 6.45) is 25.0. The van der Waals surface area contributed by atoms with Gasteiger partial charge in [-0.1, -0.05) is 182 Å². The van der Waals surface area contributed by atoms with E-state index in [1.807, 2.05) is 32.4 Å². The van der Waals surface area contributed by atoms with Gasteiger partial charge in [0.25, 0.3) is 0 Å². The van der Waals surface area contributed by atoms with Crippen molar-refractivity contribution in [2.24, 2.45) is 0 Å². The molecule has 9 nitrogen and oxygen atoms in total. The first kappa shape index (κ1) is 59.4. The van der Waals surface area contributed by atoms with Crippen molar-refractivity contribution in [3.8, 4) is 0 Å². The predicted octanol–water partition coefficient (Wildman–Crippen LogP) is 12.0. The van der Waals surface area contributed by atoms with E-state index in [1.165, 1.54) is 116 Å². The number of rotatable bonds is 48. The number of unbranched alkanes of at least 4 members (excludes halogenated alkanes) is 15. The van der Waals surface area contributed by atoms with E-state index < -0.39 is 0 Å². The van der Waals surface area contributed by atoms with Crippen LogP contribution in [-0.2, 0) is 28.6 Å². The Hall–Kier alpha value is 0.390. The summed E-state index contributed by atoms with van der Waals surface area (Å²) < 4.78 is 16.5. The van der Waals surface area contributed by atoms with Crippen LogP contribution in [0.1, 0.15) is 162 Å². The molecule has 0 unspecified atom stereocenters. The van der Waals surface area contributed by atoms with Gasteiger partial charge in [-0.3, -0.25) is 14.4 Å². The minimum absolute atomic E-state index is 0.00852. The van der Waals surface area contributed by atoms with Gasteiger partial charge in [0.1, 0.15) is 19.8 Å². The van der Waals surface area contributed by atoms with Gasteiger partial charge >= 0.3 is 17.9 Å². The number of nitrogens with zero attached hydrogens (tertiary/aromatic N) is 2. The second-order valence-electron chi connectivity index (χ2n) is 14.9. The Kier molecular flexibility index (Phi) is 49.7. The molecule has 0 aliphatic heterocycles. The van der Waals surface area contributed by atoms with Crippen LogP contribution < -0.4 is 0 Å². The van der Waals surface area contributed by atoms with Gasteiger partial charge in [0.15, 0.2) is 0 Å².